The summed E-state index contributed by atoms with van der Waals surface area (Å²) in [5.41, 5.74) is 6.51. The Morgan fingerprint density at radius 2 is 1.34 bits per heavy atom. The first-order chi connectivity index (χ1) is 19.7. The van der Waals surface area contributed by atoms with E-state index in [0.29, 0.717) is 24.2 Å². The van der Waals surface area contributed by atoms with Crippen molar-refractivity contribution in [1.29, 1.82) is 0 Å². The molecule has 0 aliphatic heterocycles. The molecular weight excluding hydrogens is 538 g/mol. The Labute approximate surface area is 238 Å². The first-order valence-electron chi connectivity index (χ1n) is 13.4. The predicted octanol–water partition coefficient (Wildman–Crippen LogP) is 5.33. The molecule has 2 aromatic rings. The number of rotatable bonds is 15. The molecule has 12 heteroatoms. The SMILES string of the molecule is CCCCOC(=O)Oc1ccc(C[C@H](N)C(=O)O[C@@H](C)COC(=O)Oc2ccccc2)cc1OC(=O)OCCCC. The molecule has 0 amide bonds. The maximum Gasteiger partial charge on any atom is 0.513 e. The van der Waals surface area contributed by atoms with Gasteiger partial charge in [0.15, 0.2) is 11.5 Å². The number of nitrogens with two attached hydrogens (primary N) is 1. The Bertz CT molecular complexity index is 1120. The third-order valence-corrected chi connectivity index (χ3v) is 5.29. The average Bonchev–Trinajstić information content (AvgIpc) is 2.94. The number of carbonyl (C=O) groups is 4. The highest BCUT2D eigenvalue weighted by Crippen LogP contribution is 2.30. The molecule has 2 atom stereocenters. The highest BCUT2D eigenvalue weighted by molar-refractivity contribution is 5.76. The van der Waals surface area contributed by atoms with Crippen molar-refractivity contribution < 1.29 is 52.3 Å². The lowest BCUT2D eigenvalue weighted by atomic mass is 10.1. The van der Waals surface area contributed by atoms with Crippen LogP contribution in [0.4, 0.5) is 14.4 Å². The van der Waals surface area contributed by atoms with Crippen molar-refractivity contribution in [2.45, 2.75) is 65.0 Å². The molecule has 41 heavy (non-hydrogen) atoms. The molecule has 0 fully saturated rings. The minimum Gasteiger partial charge on any atom is -0.458 e. The third-order valence-electron chi connectivity index (χ3n) is 5.29. The van der Waals surface area contributed by atoms with Crippen LogP contribution >= 0.6 is 0 Å². The monoisotopic (exact) mass is 575 g/mol. The summed E-state index contributed by atoms with van der Waals surface area (Å²) in [4.78, 5) is 48.5. The first kappa shape index (κ1) is 32.9. The van der Waals surface area contributed by atoms with Gasteiger partial charge in [-0.3, -0.25) is 4.79 Å². The molecule has 0 unspecified atom stereocenters. The molecule has 0 saturated heterocycles. The number of hydrogen-bond acceptors (Lipinski definition) is 12. The van der Waals surface area contributed by atoms with Gasteiger partial charge in [-0.15, -0.1) is 0 Å². The fraction of sp³-hybridized carbons (Fsp3) is 0.448. The molecule has 2 rings (SSSR count). The Balaban J connectivity index is 1.96. The molecule has 0 aliphatic rings. The van der Waals surface area contributed by atoms with E-state index in [1.165, 1.54) is 19.1 Å². The second kappa shape index (κ2) is 18.1. The largest absolute Gasteiger partial charge is 0.513 e. The summed E-state index contributed by atoms with van der Waals surface area (Å²) in [5.74, 6) is -0.631. The van der Waals surface area contributed by atoms with Crippen molar-refractivity contribution in [2.75, 3.05) is 19.8 Å². The van der Waals surface area contributed by atoms with Crippen molar-refractivity contribution in [3.05, 3.63) is 54.1 Å². The zero-order chi connectivity index (χ0) is 30.0. The van der Waals surface area contributed by atoms with Crippen LogP contribution in [0.15, 0.2) is 48.5 Å². The number of ether oxygens (including phenoxy) is 7. The lowest BCUT2D eigenvalue weighted by Gasteiger charge is -2.17. The first-order valence-corrected chi connectivity index (χ1v) is 13.4. The van der Waals surface area contributed by atoms with Crippen molar-refractivity contribution in [3.63, 3.8) is 0 Å². The van der Waals surface area contributed by atoms with Gasteiger partial charge in [0.25, 0.3) is 0 Å². The molecule has 0 saturated carbocycles. The molecule has 224 valence electrons. The quantitative estimate of drug-likeness (QED) is 0.126. The van der Waals surface area contributed by atoms with Gasteiger partial charge in [-0.1, -0.05) is 51.0 Å². The maximum absolute atomic E-state index is 12.5. The van der Waals surface area contributed by atoms with Crippen LogP contribution in [0.25, 0.3) is 0 Å². The van der Waals surface area contributed by atoms with E-state index in [-0.39, 0.29) is 37.7 Å². The van der Waals surface area contributed by atoms with Gasteiger partial charge in [0.1, 0.15) is 24.5 Å². The van der Waals surface area contributed by atoms with Crippen LogP contribution in [0.1, 0.15) is 52.0 Å². The van der Waals surface area contributed by atoms with Gasteiger partial charge in [-0.05, 0) is 56.0 Å². The van der Waals surface area contributed by atoms with Gasteiger partial charge >= 0.3 is 24.4 Å². The zero-order valence-electron chi connectivity index (χ0n) is 23.5. The van der Waals surface area contributed by atoms with Gasteiger partial charge in [0, 0.05) is 0 Å². The summed E-state index contributed by atoms with van der Waals surface area (Å²) >= 11 is 0. The van der Waals surface area contributed by atoms with Gasteiger partial charge < -0.3 is 38.9 Å². The number of carbonyl (C=O) groups excluding carboxylic acids is 4. The van der Waals surface area contributed by atoms with Gasteiger partial charge in [0.05, 0.1) is 13.2 Å². The molecule has 2 N–H and O–H groups in total. The lowest BCUT2D eigenvalue weighted by molar-refractivity contribution is -0.151. The molecular formula is C29H37NO11. The van der Waals surface area contributed by atoms with E-state index in [4.69, 9.17) is 38.9 Å². The second-order valence-electron chi connectivity index (χ2n) is 8.92. The zero-order valence-corrected chi connectivity index (χ0v) is 23.5. The molecule has 12 nitrogen and oxygen atoms in total. The van der Waals surface area contributed by atoms with E-state index < -0.39 is 36.6 Å². The van der Waals surface area contributed by atoms with Crippen molar-refractivity contribution in [3.8, 4) is 17.2 Å². The van der Waals surface area contributed by atoms with Crippen molar-refractivity contribution >= 4 is 24.4 Å². The van der Waals surface area contributed by atoms with E-state index in [1.54, 1.807) is 36.4 Å². The highest BCUT2D eigenvalue weighted by atomic mass is 16.7. The van der Waals surface area contributed by atoms with E-state index in [2.05, 4.69) is 0 Å². The van der Waals surface area contributed by atoms with Crippen LogP contribution in [0, 0.1) is 0 Å². The molecule has 0 bridgehead atoms. The standard InChI is InChI=1S/C29H37NO11/c1-4-6-15-35-27(32)40-24-14-13-21(18-25(24)41-28(33)36-16-7-5-2)17-23(30)26(31)38-20(3)19-37-29(34)39-22-11-9-8-10-12-22/h8-14,18,20,23H,4-7,15-17,19,30H2,1-3H3/t20-,23-/m0/s1. The summed E-state index contributed by atoms with van der Waals surface area (Å²) in [6, 6.07) is 11.6. The molecule has 0 aliphatic carbocycles. The maximum atomic E-state index is 12.5. The fourth-order valence-corrected chi connectivity index (χ4v) is 3.14. The second-order valence-corrected chi connectivity index (χ2v) is 8.92. The highest BCUT2D eigenvalue weighted by Gasteiger charge is 2.22. The summed E-state index contributed by atoms with van der Waals surface area (Å²) < 4.78 is 35.7. The molecule has 0 radical (unpaired) electrons. The Hall–Kier alpha value is -4.32. The van der Waals surface area contributed by atoms with E-state index >= 15 is 0 Å². The number of para-hydroxylation sites is 1. The van der Waals surface area contributed by atoms with Crippen LogP contribution in [0.5, 0.6) is 17.2 Å². The topological polar surface area (TPSA) is 159 Å². The van der Waals surface area contributed by atoms with E-state index in [1.807, 2.05) is 13.8 Å². The third kappa shape index (κ3) is 13.1. The van der Waals surface area contributed by atoms with Gasteiger partial charge in [-0.25, -0.2) is 14.4 Å². The van der Waals surface area contributed by atoms with Crippen molar-refractivity contribution in [2.24, 2.45) is 5.73 Å². The Morgan fingerprint density at radius 1 is 0.756 bits per heavy atom. The smallest absolute Gasteiger partial charge is 0.458 e. The minimum absolute atomic E-state index is 0.00900. The summed E-state index contributed by atoms with van der Waals surface area (Å²) in [5, 5.41) is 0. The average molecular weight is 576 g/mol. The van der Waals surface area contributed by atoms with Crippen LogP contribution in [0.3, 0.4) is 0 Å². The van der Waals surface area contributed by atoms with Crippen LogP contribution in [0.2, 0.25) is 0 Å². The molecule has 0 heterocycles. The summed E-state index contributed by atoms with van der Waals surface area (Å²) in [6.07, 6.45) is -0.738. The van der Waals surface area contributed by atoms with E-state index in [9.17, 15) is 19.2 Å². The normalized spacial score (nSPS) is 11.9. The lowest BCUT2D eigenvalue weighted by Crippen LogP contribution is -2.37. The number of hydrogen-bond donors (Lipinski definition) is 1. The van der Waals surface area contributed by atoms with Gasteiger partial charge in [0.2, 0.25) is 0 Å². The molecule has 2 aromatic carbocycles. The number of benzene rings is 2. The predicted molar refractivity (Wildman–Crippen MR) is 146 cm³/mol. The van der Waals surface area contributed by atoms with Crippen LogP contribution in [-0.4, -0.2) is 56.4 Å². The number of esters is 1. The van der Waals surface area contributed by atoms with Gasteiger partial charge in [-0.2, -0.15) is 0 Å². The minimum atomic E-state index is -1.11. The summed E-state index contributed by atoms with van der Waals surface area (Å²) in [6.45, 7) is 5.51. The summed E-state index contributed by atoms with van der Waals surface area (Å²) in [7, 11) is 0. The van der Waals surface area contributed by atoms with Crippen LogP contribution in [-0.2, 0) is 30.2 Å². The Kier molecular flexibility index (Phi) is 14.5. The molecule has 0 spiro atoms. The molecule has 0 aromatic heterocycles. The number of unbranched alkanes of at least 4 members (excludes halogenated alkanes) is 2. The Morgan fingerprint density at radius 3 is 1.95 bits per heavy atom. The van der Waals surface area contributed by atoms with E-state index in [0.717, 1.165) is 12.8 Å². The van der Waals surface area contributed by atoms with Crippen LogP contribution < -0.4 is 19.9 Å². The van der Waals surface area contributed by atoms with Crippen molar-refractivity contribution in [1.82, 2.24) is 0 Å². The fourth-order valence-electron chi connectivity index (χ4n) is 3.14.